The third-order valence-corrected chi connectivity index (χ3v) is 3.28. The average Bonchev–Trinajstić information content (AvgIpc) is 2.66. The summed E-state index contributed by atoms with van der Waals surface area (Å²) in [6.45, 7) is 0.598. The Morgan fingerprint density at radius 1 is 1.07 bits per heavy atom. The van der Waals surface area contributed by atoms with Crippen LogP contribution in [0.5, 0.6) is 17.2 Å². The number of alkyl halides is 3. The highest BCUT2D eigenvalue weighted by Gasteiger charge is 2.28. The molecule has 6 nitrogen and oxygen atoms in total. The summed E-state index contributed by atoms with van der Waals surface area (Å²) in [7, 11) is 0. The van der Waals surface area contributed by atoms with Crippen LogP contribution in [0, 0.1) is 11.3 Å². The lowest BCUT2D eigenvalue weighted by atomic mass is 10.2. The highest BCUT2D eigenvalue weighted by molar-refractivity contribution is 5.92. The van der Waals surface area contributed by atoms with Gasteiger partial charge in [-0.3, -0.25) is 4.79 Å². The fourth-order valence-electron chi connectivity index (χ4n) is 2.13. The van der Waals surface area contributed by atoms with Crippen LogP contribution in [0.15, 0.2) is 42.5 Å². The van der Waals surface area contributed by atoms with Gasteiger partial charge in [0.25, 0.3) is 5.91 Å². The Labute approximate surface area is 159 Å². The molecule has 9 heteroatoms. The predicted molar refractivity (Wildman–Crippen MR) is 94.4 cm³/mol. The number of carbonyl (C=O) groups is 1. The van der Waals surface area contributed by atoms with Crippen molar-refractivity contribution >= 4 is 11.6 Å². The first-order valence-electron chi connectivity index (χ1n) is 8.20. The van der Waals surface area contributed by atoms with Crippen molar-refractivity contribution in [1.82, 2.24) is 0 Å². The number of ether oxygens (including phenoxy) is 3. The lowest BCUT2D eigenvalue weighted by Crippen LogP contribution is -2.21. The molecule has 0 saturated carbocycles. The maximum absolute atomic E-state index is 12.2. The zero-order valence-electron chi connectivity index (χ0n) is 14.9. The third-order valence-electron chi connectivity index (χ3n) is 3.28. The van der Waals surface area contributed by atoms with Crippen molar-refractivity contribution < 1.29 is 32.2 Å². The van der Waals surface area contributed by atoms with E-state index in [2.05, 4.69) is 10.1 Å². The largest absolute Gasteiger partial charge is 0.494 e. The summed E-state index contributed by atoms with van der Waals surface area (Å²) in [6, 6.07) is 12.2. The Kier molecular flexibility index (Phi) is 7.09. The Morgan fingerprint density at radius 3 is 2.29 bits per heavy atom. The lowest BCUT2D eigenvalue weighted by Gasteiger charge is -2.12. The number of benzene rings is 2. The molecule has 0 spiro atoms. The number of nitriles is 1. The minimum Gasteiger partial charge on any atom is -0.494 e. The van der Waals surface area contributed by atoms with Gasteiger partial charge in [0.2, 0.25) is 0 Å². The number of rotatable bonds is 8. The predicted octanol–water partition coefficient (Wildman–Crippen LogP) is 3.92. The van der Waals surface area contributed by atoms with E-state index < -0.39 is 18.7 Å². The lowest BCUT2D eigenvalue weighted by molar-refractivity contribution is -0.153. The minimum absolute atomic E-state index is 0.130. The van der Waals surface area contributed by atoms with Crippen molar-refractivity contribution in [1.29, 1.82) is 5.26 Å². The van der Waals surface area contributed by atoms with Crippen molar-refractivity contribution in [2.75, 3.05) is 25.1 Å². The molecule has 0 aromatic heterocycles. The van der Waals surface area contributed by atoms with Crippen LogP contribution in [0.1, 0.15) is 12.5 Å². The Morgan fingerprint density at radius 2 is 1.71 bits per heavy atom. The molecule has 0 aliphatic carbocycles. The molecule has 0 heterocycles. The first kappa shape index (κ1) is 20.9. The first-order valence-corrected chi connectivity index (χ1v) is 8.20. The molecule has 0 atom stereocenters. The second-order valence-electron chi connectivity index (χ2n) is 5.47. The molecule has 0 fully saturated rings. The van der Waals surface area contributed by atoms with E-state index >= 15 is 0 Å². The van der Waals surface area contributed by atoms with Gasteiger partial charge in [0.1, 0.15) is 23.3 Å². The van der Waals surface area contributed by atoms with Crippen molar-refractivity contribution in [3.63, 3.8) is 0 Å². The van der Waals surface area contributed by atoms with E-state index in [1.807, 2.05) is 6.92 Å². The number of nitrogens with zero attached hydrogens (tertiary/aromatic N) is 1. The maximum Gasteiger partial charge on any atom is 0.422 e. The zero-order valence-corrected chi connectivity index (χ0v) is 14.9. The highest BCUT2D eigenvalue weighted by Crippen LogP contribution is 2.25. The molecular formula is C19H17F3N2O4. The molecule has 2 aromatic rings. The van der Waals surface area contributed by atoms with Gasteiger partial charge < -0.3 is 19.5 Å². The number of halogens is 3. The van der Waals surface area contributed by atoms with E-state index in [1.165, 1.54) is 18.2 Å². The smallest absolute Gasteiger partial charge is 0.422 e. The van der Waals surface area contributed by atoms with Gasteiger partial charge in [0, 0.05) is 5.69 Å². The van der Waals surface area contributed by atoms with E-state index in [4.69, 9.17) is 14.7 Å². The van der Waals surface area contributed by atoms with Crippen LogP contribution in [-0.4, -0.2) is 31.9 Å². The van der Waals surface area contributed by atoms with Gasteiger partial charge in [-0.05, 0) is 49.4 Å². The summed E-state index contributed by atoms with van der Waals surface area (Å²) in [5.74, 6) is 0.425. The Hall–Kier alpha value is -3.41. The Balaban J connectivity index is 1.91. The van der Waals surface area contributed by atoms with Crippen LogP contribution in [0.3, 0.4) is 0 Å². The van der Waals surface area contributed by atoms with Crippen molar-refractivity contribution in [3.8, 4) is 23.3 Å². The number of carbonyl (C=O) groups excluding carboxylic acids is 1. The van der Waals surface area contributed by atoms with Crippen LogP contribution >= 0.6 is 0 Å². The summed E-state index contributed by atoms with van der Waals surface area (Å²) >= 11 is 0. The minimum atomic E-state index is -4.52. The summed E-state index contributed by atoms with van der Waals surface area (Å²) in [5, 5.41) is 11.6. The zero-order chi connectivity index (χ0) is 20.6. The molecule has 0 radical (unpaired) electrons. The molecule has 0 bridgehead atoms. The van der Waals surface area contributed by atoms with Gasteiger partial charge >= 0.3 is 6.18 Å². The van der Waals surface area contributed by atoms with E-state index in [9.17, 15) is 18.0 Å². The van der Waals surface area contributed by atoms with E-state index in [-0.39, 0.29) is 23.6 Å². The Bertz CT molecular complexity index is 846. The van der Waals surface area contributed by atoms with Gasteiger partial charge in [-0.25, -0.2) is 0 Å². The van der Waals surface area contributed by atoms with Gasteiger partial charge in [-0.15, -0.1) is 0 Å². The van der Waals surface area contributed by atoms with Crippen molar-refractivity contribution in [2.24, 2.45) is 0 Å². The third kappa shape index (κ3) is 6.72. The number of nitrogens with one attached hydrogen (secondary N) is 1. The number of hydrogen-bond donors (Lipinski definition) is 1. The SMILES string of the molecule is CCOc1ccc(OCC(=O)Nc2ccc(OCC(F)(F)F)c(C#N)c2)cc1. The van der Waals surface area contributed by atoms with Gasteiger partial charge in [-0.1, -0.05) is 0 Å². The van der Waals surface area contributed by atoms with Crippen molar-refractivity contribution in [2.45, 2.75) is 13.1 Å². The highest BCUT2D eigenvalue weighted by atomic mass is 19.4. The molecule has 0 aliphatic heterocycles. The molecule has 148 valence electrons. The summed E-state index contributed by atoms with van der Waals surface area (Å²) in [5.41, 5.74) is 0.102. The molecule has 1 amide bonds. The molecule has 2 aromatic carbocycles. The molecule has 0 saturated heterocycles. The van der Waals surface area contributed by atoms with E-state index in [0.717, 1.165) is 0 Å². The molecule has 28 heavy (non-hydrogen) atoms. The second kappa shape index (κ2) is 9.50. The summed E-state index contributed by atoms with van der Waals surface area (Å²) in [6.07, 6.45) is -4.52. The van der Waals surface area contributed by atoms with Gasteiger partial charge in [0.05, 0.1) is 12.2 Å². The molecule has 0 aliphatic rings. The monoisotopic (exact) mass is 394 g/mol. The van der Waals surface area contributed by atoms with Crippen molar-refractivity contribution in [3.05, 3.63) is 48.0 Å². The van der Waals surface area contributed by atoms with Gasteiger partial charge in [0.15, 0.2) is 13.2 Å². The summed E-state index contributed by atoms with van der Waals surface area (Å²) in [4.78, 5) is 12.0. The molecule has 1 N–H and O–H groups in total. The van der Waals surface area contributed by atoms with Crippen LogP contribution < -0.4 is 19.5 Å². The first-order chi connectivity index (χ1) is 13.3. The van der Waals surface area contributed by atoms with Gasteiger partial charge in [-0.2, -0.15) is 18.4 Å². The summed E-state index contributed by atoms with van der Waals surface area (Å²) < 4.78 is 51.9. The second-order valence-corrected chi connectivity index (χ2v) is 5.47. The fraction of sp³-hybridized carbons (Fsp3) is 0.263. The quantitative estimate of drug-likeness (QED) is 0.734. The normalized spacial score (nSPS) is 10.7. The molecular weight excluding hydrogens is 377 g/mol. The standard InChI is InChI=1S/C19H17F3N2O4/c1-2-26-15-4-6-16(7-5-15)27-11-18(25)24-14-3-8-17(13(9-14)10-23)28-12-19(20,21)22/h3-9H,2,11-12H2,1H3,(H,24,25). The average molecular weight is 394 g/mol. The van der Waals surface area contributed by atoms with Crippen LogP contribution in [-0.2, 0) is 4.79 Å². The maximum atomic E-state index is 12.2. The fourth-order valence-corrected chi connectivity index (χ4v) is 2.13. The van der Waals surface area contributed by atoms with Crippen LogP contribution in [0.25, 0.3) is 0 Å². The molecule has 0 unspecified atom stereocenters. The number of amides is 1. The van der Waals surface area contributed by atoms with Crippen LogP contribution in [0.4, 0.5) is 18.9 Å². The van der Waals surface area contributed by atoms with Crippen LogP contribution in [0.2, 0.25) is 0 Å². The van der Waals surface area contributed by atoms with E-state index in [0.29, 0.717) is 18.1 Å². The molecule has 2 rings (SSSR count). The topological polar surface area (TPSA) is 80.6 Å². The van der Waals surface area contributed by atoms with E-state index in [1.54, 1.807) is 30.3 Å². The number of anilines is 1. The number of hydrogen-bond acceptors (Lipinski definition) is 5.